The molecule has 0 unspecified atom stereocenters. The summed E-state index contributed by atoms with van der Waals surface area (Å²) in [5.41, 5.74) is 1.16. The second-order valence-corrected chi connectivity index (χ2v) is 4.91. The van der Waals surface area contributed by atoms with Crippen LogP contribution in [-0.4, -0.2) is 6.54 Å². The summed E-state index contributed by atoms with van der Waals surface area (Å²) in [5.74, 6) is 1.26. The molecule has 1 aromatic carbocycles. The Bertz CT molecular complexity index is 339. The monoisotopic (exact) mass is 322 g/mol. The molecule has 0 aromatic heterocycles. The second-order valence-electron chi connectivity index (χ2n) is 3.53. The van der Waals surface area contributed by atoms with Crippen molar-refractivity contribution < 1.29 is 0 Å². The fourth-order valence-electron chi connectivity index (χ4n) is 1.46. The summed E-state index contributed by atoms with van der Waals surface area (Å²) in [5, 5.41) is 3.38. The van der Waals surface area contributed by atoms with E-state index >= 15 is 0 Å². The molecule has 2 rings (SSSR count). The van der Waals surface area contributed by atoms with E-state index in [1.807, 2.05) is 18.2 Å². The van der Waals surface area contributed by atoms with Crippen molar-refractivity contribution in [1.82, 2.24) is 0 Å². The molecule has 1 aliphatic carbocycles. The third-order valence-corrected chi connectivity index (χ3v) is 2.94. The van der Waals surface area contributed by atoms with Gasteiger partial charge in [0.25, 0.3) is 0 Å². The molecule has 0 bridgehead atoms. The summed E-state index contributed by atoms with van der Waals surface area (Å²) >= 11 is 2.37. The molecule has 1 aliphatic rings. The van der Waals surface area contributed by atoms with Gasteiger partial charge >= 0.3 is 0 Å². The maximum Gasteiger partial charge on any atom is 0.0455 e. The van der Waals surface area contributed by atoms with Gasteiger partial charge in [0.15, 0.2) is 0 Å². The Balaban J connectivity index is 1.81. The van der Waals surface area contributed by atoms with Gasteiger partial charge in [-0.15, -0.1) is 0 Å². The van der Waals surface area contributed by atoms with Crippen molar-refractivity contribution in [2.45, 2.75) is 0 Å². The predicted octanol–water partition coefficient (Wildman–Crippen LogP) is 3.82. The van der Waals surface area contributed by atoms with Gasteiger partial charge in [-0.25, -0.2) is 0 Å². The van der Waals surface area contributed by atoms with Gasteiger partial charge < -0.3 is 5.32 Å². The SMILES string of the molecule is I/C(=C\[C]1[CH][CH][CH][CH]1)CNc1ccccc1. The van der Waals surface area contributed by atoms with Crippen molar-refractivity contribution in [3.63, 3.8) is 0 Å². The van der Waals surface area contributed by atoms with Crippen LogP contribution >= 0.6 is 22.6 Å². The minimum atomic E-state index is 0.871. The van der Waals surface area contributed by atoms with Crippen molar-refractivity contribution in [3.05, 3.63) is 71.6 Å². The second kappa shape index (κ2) is 6.28. The van der Waals surface area contributed by atoms with Gasteiger partial charge in [-0.3, -0.25) is 0 Å². The van der Waals surface area contributed by atoms with Gasteiger partial charge in [0, 0.05) is 21.7 Å². The third kappa shape index (κ3) is 3.81. The highest BCUT2D eigenvalue weighted by Gasteiger charge is 2.14. The Labute approximate surface area is 111 Å². The molecule has 81 valence electrons. The van der Waals surface area contributed by atoms with E-state index in [0.717, 1.165) is 12.2 Å². The van der Waals surface area contributed by atoms with E-state index in [-0.39, 0.29) is 0 Å². The lowest BCUT2D eigenvalue weighted by Gasteiger charge is -2.07. The molecule has 16 heavy (non-hydrogen) atoms. The summed E-state index contributed by atoms with van der Waals surface area (Å²) in [6.45, 7) is 0.871. The molecule has 1 fully saturated rings. The molecule has 0 saturated heterocycles. The van der Waals surface area contributed by atoms with Crippen LogP contribution < -0.4 is 5.32 Å². The zero-order valence-electron chi connectivity index (χ0n) is 8.86. The zero-order valence-corrected chi connectivity index (χ0v) is 11.0. The van der Waals surface area contributed by atoms with E-state index in [1.54, 1.807) is 0 Å². The number of nitrogens with one attached hydrogen (secondary N) is 1. The molecule has 0 heterocycles. The van der Waals surface area contributed by atoms with Crippen LogP contribution in [0.5, 0.6) is 0 Å². The highest BCUT2D eigenvalue weighted by atomic mass is 127. The fraction of sp³-hybridized carbons (Fsp3) is 0.0714. The van der Waals surface area contributed by atoms with E-state index in [4.69, 9.17) is 0 Å². The van der Waals surface area contributed by atoms with Crippen LogP contribution in [0, 0.1) is 31.6 Å². The zero-order chi connectivity index (χ0) is 11.2. The van der Waals surface area contributed by atoms with Crippen molar-refractivity contribution in [2.24, 2.45) is 0 Å². The summed E-state index contributed by atoms with van der Waals surface area (Å²) in [6, 6.07) is 10.3. The van der Waals surface area contributed by atoms with E-state index in [9.17, 15) is 0 Å². The number of benzene rings is 1. The smallest absolute Gasteiger partial charge is 0.0455 e. The largest absolute Gasteiger partial charge is 0.381 e. The van der Waals surface area contributed by atoms with E-state index in [2.05, 4.69) is 71.8 Å². The van der Waals surface area contributed by atoms with Gasteiger partial charge in [0.2, 0.25) is 0 Å². The van der Waals surface area contributed by atoms with Crippen LogP contribution in [0.2, 0.25) is 0 Å². The number of allylic oxidation sites excluding steroid dienone is 1. The molecule has 1 nitrogen and oxygen atoms in total. The average molecular weight is 322 g/mol. The van der Waals surface area contributed by atoms with Gasteiger partial charge in [-0.05, 0) is 60.4 Å². The lowest BCUT2D eigenvalue weighted by Crippen LogP contribution is -2.02. The highest BCUT2D eigenvalue weighted by Crippen LogP contribution is 2.26. The number of halogens is 1. The maximum atomic E-state index is 3.38. The molecule has 0 spiro atoms. The van der Waals surface area contributed by atoms with Crippen molar-refractivity contribution in [2.75, 3.05) is 11.9 Å². The molecule has 0 atom stereocenters. The van der Waals surface area contributed by atoms with Crippen LogP contribution in [-0.2, 0) is 0 Å². The molecule has 5 radical (unpaired) electrons. The average Bonchev–Trinajstić information content (AvgIpc) is 2.81. The standard InChI is InChI=1S/C14H13IN/c15-13(10-12-6-4-5-7-12)11-16-14-8-2-1-3-9-14/h1-10,16H,11H2/b13-10-. The van der Waals surface area contributed by atoms with Crippen molar-refractivity contribution >= 4 is 28.3 Å². The quantitative estimate of drug-likeness (QED) is 0.831. The van der Waals surface area contributed by atoms with Crippen molar-refractivity contribution in [3.8, 4) is 0 Å². The number of hydrogen-bond acceptors (Lipinski definition) is 1. The normalized spacial score (nSPS) is 17.7. The van der Waals surface area contributed by atoms with Crippen LogP contribution in [0.25, 0.3) is 0 Å². The molecule has 1 saturated carbocycles. The summed E-state index contributed by atoms with van der Waals surface area (Å²) < 4.78 is 1.30. The maximum absolute atomic E-state index is 3.38. The fourth-order valence-corrected chi connectivity index (χ4v) is 2.01. The predicted molar refractivity (Wildman–Crippen MR) is 77.5 cm³/mol. The van der Waals surface area contributed by atoms with Crippen LogP contribution in [0.4, 0.5) is 5.69 Å². The first kappa shape index (κ1) is 12.0. The number of para-hydroxylation sites is 1. The third-order valence-electron chi connectivity index (χ3n) is 2.25. The number of hydrogen-bond donors (Lipinski definition) is 1. The molecule has 0 aliphatic heterocycles. The first-order chi connectivity index (χ1) is 7.84. The van der Waals surface area contributed by atoms with Gasteiger partial charge in [0.05, 0.1) is 0 Å². The highest BCUT2D eigenvalue weighted by molar-refractivity contribution is 14.1. The Hall–Kier alpha value is -0.510. The Morgan fingerprint density at radius 1 is 1.12 bits per heavy atom. The van der Waals surface area contributed by atoms with E-state index in [1.165, 1.54) is 9.50 Å². The Kier molecular flexibility index (Phi) is 4.69. The molecule has 1 N–H and O–H groups in total. The van der Waals surface area contributed by atoms with Crippen molar-refractivity contribution in [1.29, 1.82) is 0 Å². The van der Waals surface area contributed by atoms with Gasteiger partial charge in [-0.2, -0.15) is 0 Å². The summed E-state index contributed by atoms with van der Waals surface area (Å²) in [4.78, 5) is 0. The number of rotatable bonds is 4. The lowest BCUT2D eigenvalue weighted by molar-refractivity contribution is 1.28. The minimum Gasteiger partial charge on any atom is -0.381 e. The molecule has 2 heteroatoms. The molecule has 1 aromatic rings. The van der Waals surface area contributed by atoms with Crippen LogP contribution in [0.15, 0.2) is 40.0 Å². The van der Waals surface area contributed by atoms with Gasteiger partial charge in [-0.1, -0.05) is 24.3 Å². The topological polar surface area (TPSA) is 12.0 Å². The lowest BCUT2D eigenvalue weighted by atomic mass is 10.1. The Morgan fingerprint density at radius 3 is 2.50 bits per heavy atom. The summed E-state index contributed by atoms with van der Waals surface area (Å²) in [6.07, 6.45) is 10.5. The molecular weight excluding hydrogens is 309 g/mol. The molecule has 0 amide bonds. The van der Waals surface area contributed by atoms with Crippen LogP contribution in [0.1, 0.15) is 0 Å². The van der Waals surface area contributed by atoms with Gasteiger partial charge in [0.1, 0.15) is 0 Å². The summed E-state index contributed by atoms with van der Waals surface area (Å²) in [7, 11) is 0. The first-order valence-electron chi connectivity index (χ1n) is 5.21. The Morgan fingerprint density at radius 2 is 1.81 bits per heavy atom. The minimum absolute atomic E-state index is 0.871. The molecular formula is C14H13IN. The first-order valence-corrected chi connectivity index (χ1v) is 6.29. The number of anilines is 1. The van der Waals surface area contributed by atoms with E-state index in [0.29, 0.717) is 0 Å². The van der Waals surface area contributed by atoms with E-state index < -0.39 is 0 Å². The van der Waals surface area contributed by atoms with Crippen LogP contribution in [0.3, 0.4) is 0 Å².